The van der Waals surface area contributed by atoms with Crippen LogP contribution in [0.2, 0.25) is 0 Å². The van der Waals surface area contributed by atoms with Gasteiger partial charge in [0.25, 0.3) is 0 Å². The summed E-state index contributed by atoms with van der Waals surface area (Å²) in [5.41, 5.74) is 0.334. The van der Waals surface area contributed by atoms with Gasteiger partial charge in [0.2, 0.25) is 5.95 Å². The van der Waals surface area contributed by atoms with E-state index in [1.807, 2.05) is 19.3 Å². The van der Waals surface area contributed by atoms with Crippen molar-refractivity contribution in [2.75, 3.05) is 37.7 Å². The zero-order chi connectivity index (χ0) is 16.0. The Bertz CT molecular complexity index is 444. The SMILES string of the molecule is CCC(C)C(C)(O)CNCc1cnc(N2CCOCC2)nc1. The lowest BCUT2D eigenvalue weighted by Crippen LogP contribution is -2.42. The molecule has 0 aromatic carbocycles. The molecule has 0 saturated carbocycles. The summed E-state index contributed by atoms with van der Waals surface area (Å²) in [5.74, 6) is 1.03. The summed E-state index contributed by atoms with van der Waals surface area (Å²) in [7, 11) is 0. The van der Waals surface area contributed by atoms with Gasteiger partial charge in [-0.2, -0.15) is 0 Å². The van der Waals surface area contributed by atoms with E-state index in [0.29, 0.717) is 13.1 Å². The van der Waals surface area contributed by atoms with Gasteiger partial charge in [-0.05, 0) is 12.8 Å². The molecule has 0 spiro atoms. The maximum absolute atomic E-state index is 10.4. The van der Waals surface area contributed by atoms with Crippen LogP contribution >= 0.6 is 0 Å². The Morgan fingerprint density at radius 1 is 1.36 bits per heavy atom. The highest BCUT2D eigenvalue weighted by atomic mass is 16.5. The van der Waals surface area contributed by atoms with Gasteiger partial charge >= 0.3 is 0 Å². The first-order valence-electron chi connectivity index (χ1n) is 8.09. The maximum atomic E-state index is 10.4. The summed E-state index contributed by atoms with van der Waals surface area (Å²) >= 11 is 0. The summed E-state index contributed by atoms with van der Waals surface area (Å²) in [6.07, 6.45) is 4.66. The lowest BCUT2D eigenvalue weighted by Gasteiger charge is -2.30. The number of nitrogens with one attached hydrogen (secondary N) is 1. The van der Waals surface area contributed by atoms with E-state index in [0.717, 1.165) is 44.2 Å². The monoisotopic (exact) mass is 308 g/mol. The van der Waals surface area contributed by atoms with Gasteiger partial charge in [0.15, 0.2) is 0 Å². The van der Waals surface area contributed by atoms with Gasteiger partial charge in [0, 0.05) is 44.1 Å². The lowest BCUT2D eigenvalue weighted by molar-refractivity contribution is 0.00534. The van der Waals surface area contributed by atoms with Crippen LogP contribution in [0.4, 0.5) is 5.95 Å². The molecular formula is C16H28N4O2. The highest BCUT2D eigenvalue weighted by molar-refractivity contribution is 5.30. The third kappa shape index (κ3) is 4.63. The topological polar surface area (TPSA) is 70.5 Å². The Morgan fingerprint density at radius 2 is 2.00 bits per heavy atom. The van der Waals surface area contributed by atoms with Crippen molar-refractivity contribution in [1.82, 2.24) is 15.3 Å². The van der Waals surface area contributed by atoms with E-state index < -0.39 is 5.60 Å². The Morgan fingerprint density at radius 3 is 2.59 bits per heavy atom. The van der Waals surface area contributed by atoms with E-state index in [4.69, 9.17) is 4.74 Å². The predicted molar refractivity (Wildman–Crippen MR) is 86.8 cm³/mol. The molecule has 2 heterocycles. The first-order chi connectivity index (χ1) is 10.5. The molecular weight excluding hydrogens is 280 g/mol. The number of morpholine rings is 1. The normalized spacial score (nSPS) is 19.7. The first kappa shape index (κ1) is 17.1. The van der Waals surface area contributed by atoms with Crippen molar-refractivity contribution >= 4 is 5.95 Å². The van der Waals surface area contributed by atoms with Crippen LogP contribution in [-0.4, -0.2) is 53.5 Å². The van der Waals surface area contributed by atoms with E-state index in [9.17, 15) is 5.11 Å². The fourth-order valence-electron chi connectivity index (χ4n) is 2.44. The average molecular weight is 308 g/mol. The van der Waals surface area contributed by atoms with Crippen molar-refractivity contribution in [2.45, 2.75) is 39.3 Å². The van der Waals surface area contributed by atoms with Crippen LogP contribution in [0.3, 0.4) is 0 Å². The Hall–Kier alpha value is -1.24. The third-order valence-corrected chi connectivity index (χ3v) is 4.47. The fraction of sp³-hybridized carbons (Fsp3) is 0.750. The van der Waals surface area contributed by atoms with Gasteiger partial charge < -0.3 is 20.1 Å². The molecule has 1 aromatic heterocycles. The molecule has 1 aliphatic heterocycles. The van der Waals surface area contributed by atoms with Crippen LogP contribution in [-0.2, 0) is 11.3 Å². The Labute approximate surface area is 132 Å². The number of aromatic nitrogens is 2. The molecule has 22 heavy (non-hydrogen) atoms. The standard InChI is InChI=1S/C16H28N4O2/c1-4-13(2)16(3,21)12-17-9-14-10-18-15(19-11-14)20-5-7-22-8-6-20/h10-11,13,17,21H,4-9,12H2,1-3H3. The van der Waals surface area contributed by atoms with E-state index >= 15 is 0 Å². The van der Waals surface area contributed by atoms with Crippen LogP contribution in [0.15, 0.2) is 12.4 Å². The molecule has 0 amide bonds. The number of aliphatic hydroxyl groups is 1. The van der Waals surface area contributed by atoms with E-state index in [1.54, 1.807) is 0 Å². The molecule has 2 atom stereocenters. The molecule has 0 aliphatic carbocycles. The van der Waals surface area contributed by atoms with Crippen molar-refractivity contribution in [3.05, 3.63) is 18.0 Å². The molecule has 1 aliphatic rings. The summed E-state index contributed by atoms with van der Waals surface area (Å²) in [5, 5.41) is 13.7. The summed E-state index contributed by atoms with van der Waals surface area (Å²) in [6, 6.07) is 0. The van der Waals surface area contributed by atoms with E-state index in [2.05, 4.69) is 34.0 Å². The highest BCUT2D eigenvalue weighted by Gasteiger charge is 2.26. The molecule has 1 aromatic rings. The largest absolute Gasteiger partial charge is 0.389 e. The number of hydrogen-bond donors (Lipinski definition) is 2. The second-order valence-electron chi connectivity index (χ2n) is 6.26. The zero-order valence-corrected chi connectivity index (χ0v) is 13.9. The predicted octanol–water partition coefficient (Wildman–Crippen LogP) is 1.20. The molecule has 2 unspecified atom stereocenters. The fourth-order valence-corrected chi connectivity index (χ4v) is 2.44. The van der Waals surface area contributed by atoms with Crippen molar-refractivity contribution in [3.8, 4) is 0 Å². The molecule has 0 bridgehead atoms. The Balaban J connectivity index is 1.81. The van der Waals surface area contributed by atoms with Crippen LogP contribution < -0.4 is 10.2 Å². The van der Waals surface area contributed by atoms with Crippen LogP contribution in [0.5, 0.6) is 0 Å². The minimum absolute atomic E-state index is 0.264. The van der Waals surface area contributed by atoms with Gasteiger partial charge in [0.05, 0.1) is 18.8 Å². The maximum Gasteiger partial charge on any atom is 0.225 e. The lowest BCUT2D eigenvalue weighted by atomic mass is 9.88. The van der Waals surface area contributed by atoms with Gasteiger partial charge in [-0.15, -0.1) is 0 Å². The molecule has 6 heteroatoms. The van der Waals surface area contributed by atoms with Crippen LogP contribution in [0, 0.1) is 5.92 Å². The van der Waals surface area contributed by atoms with Gasteiger partial charge in [-0.3, -0.25) is 0 Å². The number of nitrogens with zero attached hydrogens (tertiary/aromatic N) is 3. The number of ether oxygens (including phenoxy) is 1. The van der Waals surface area contributed by atoms with Crippen LogP contribution in [0.25, 0.3) is 0 Å². The van der Waals surface area contributed by atoms with E-state index in [1.165, 1.54) is 0 Å². The van der Waals surface area contributed by atoms with Crippen molar-refractivity contribution in [1.29, 1.82) is 0 Å². The highest BCUT2D eigenvalue weighted by Crippen LogP contribution is 2.19. The van der Waals surface area contributed by atoms with Crippen molar-refractivity contribution < 1.29 is 9.84 Å². The van der Waals surface area contributed by atoms with Gasteiger partial charge in [0.1, 0.15) is 0 Å². The summed E-state index contributed by atoms with van der Waals surface area (Å²) in [6.45, 7) is 10.4. The minimum Gasteiger partial charge on any atom is -0.389 e. The number of anilines is 1. The molecule has 1 saturated heterocycles. The third-order valence-electron chi connectivity index (χ3n) is 4.47. The molecule has 6 nitrogen and oxygen atoms in total. The zero-order valence-electron chi connectivity index (χ0n) is 13.9. The minimum atomic E-state index is -0.691. The van der Waals surface area contributed by atoms with Crippen LogP contribution in [0.1, 0.15) is 32.8 Å². The molecule has 2 rings (SSSR count). The van der Waals surface area contributed by atoms with Crippen molar-refractivity contribution in [2.24, 2.45) is 5.92 Å². The van der Waals surface area contributed by atoms with Gasteiger partial charge in [-0.1, -0.05) is 20.3 Å². The first-order valence-corrected chi connectivity index (χ1v) is 8.09. The van der Waals surface area contributed by atoms with E-state index in [-0.39, 0.29) is 5.92 Å². The Kier molecular flexibility index (Phi) is 6.11. The summed E-state index contributed by atoms with van der Waals surface area (Å²) in [4.78, 5) is 11.0. The second kappa shape index (κ2) is 7.85. The number of hydrogen-bond acceptors (Lipinski definition) is 6. The summed E-state index contributed by atoms with van der Waals surface area (Å²) < 4.78 is 5.33. The van der Waals surface area contributed by atoms with Gasteiger partial charge in [-0.25, -0.2) is 9.97 Å². The molecule has 124 valence electrons. The average Bonchev–Trinajstić information content (AvgIpc) is 2.55. The second-order valence-corrected chi connectivity index (χ2v) is 6.26. The molecule has 2 N–H and O–H groups in total. The smallest absolute Gasteiger partial charge is 0.225 e. The molecule has 0 radical (unpaired) electrons. The quantitative estimate of drug-likeness (QED) is 0.789. The number of rotatable bonds is 7. The molecule has 1 fully saturated rings. The van der Waals surface area contributed by atoms with Crippen molar-refractivity contribution in [3.63, 3.8) is 0 Å².